The highest BCUT2D eigenvalue weighted by Crippen LogP contribution is 2.65. The molecule has 6 heteroatoms. The quantitative estimate of drug-likeness (QED) is 0.263. The fourth-order valence-electron chi connectivity index (χ4n) is 5.51. The molecule has 0 N–H and O–H groups in total. The lowest BCUT2D eigenvalue weighted by molar-refractivity contribution is -0.152. The van der Waals surface area contributed by atoms with Crippen molar-refractivity contribution in [1.29, 1.82) is 0 Å². The maximum Gasteiger partial charge on any atom is 0.334 e. The highest BCUT2D eigenvalue weighted by molar-refractivity contribution is 6.09. The van der Waals surface area contributed by atoms with Crippen molar-refractivity contribution in [3.05, 3.63) is 42.0 Å². The standard InChI is InChI=1S/C22H21NO5/c1-10(22(27)28-17-6-4-3-5-12(17)11(2)24)23-20(25)18-13-7-8-14(16-9-15(13)16)19(18)21(23)26/h3-8,10,13-16,18-19H,9H2,1-2H3/t10-,13-,14+,15-,16+,18+,19-/m1/s1. The number of ether oxygens (including phenoxy) is 1. The molecule has 28 heavy (non-hydrogen) atoms. The van der Waals surface area contributed by atoms with Gasteiger partial charge in [0.25, 0.3) is 0 Å². The molecule has 144 valence electrons. The largest absolute Gasteiger partial charge is 0.424 e. The van der Waals surface area contributed by atoms with Crippen molar-refractivity contribution in [2.45, 2.75) is 26.3 Å². The second-order valence-electron chi connectivity index (χ2n) is 8.35. The number of hydrogen-bond donors (Lipinski definition) is 0. The molecule has 1 aromatic rings. The summed E-state index contributed by atoms with van der Waals surface area (Å²) in [5.41, 5.74) is 0.290. The number of amides is 2. The Balaban J connectivity index is 1.38. The molecule has 6 rings (SSSR count). The van der Waals surface area contributed by atoms with Gasteiger partial charge in [-0.2, -0.15) is 0 Å². The van der Waals surface area contributed by atoms with Gasteiger partial charge >= 0.3 is 5.97 Å². The van der Waals surface area contributed by atoms with Gasteiger partial charge in [-0.3, -0.25) is 19.3 Å². The van der Waals surface area contributed by atoms with Gasteiger partial charge < -0.3 is 4.74 Å². The molecule has 4 aliphatic carbocycles. The van der Waals surface area contributed by atoms with Crippen molar-refractivity contribution >= 4 is 23.6 Å². The summed E-state index contributed by atoms with van der Waals surface area (Å²) in [6.45, 7) is 2.91. The van der Waals surface area contributed by atoms with E-state index in [4.69, 9.17) is 4.74 Å². The summed E-state index contributed by atoms with van der Waals surface area (Å²) < 4.78 is 5.41. The molecule has 1 heterocycles. The summed E-state index contributed by atoms with van der Waals surface area (Å²) in [5, 5.41) is 0. The number of ketones is 1. The number of Topliss-reactive ketones (excluding diaryl/α,β-unsaturated/α-hetero) is 1. The number of benzene rings is 1. The van der Waals surface area contributed by atoms with Crippen LogP contribution in [0, 0.1) is 35.5 Å². The number of imide groups is 1. The molecule has 2 saturated carbocycles. The van der Waals surface area contributed by atoms with Gasteiger partial charge in [0.05, 0.1) is 17.4 Å². The lowest BCUT2D eigenvalue weighted by atomic mass is 9.63. The van der Waals surface area contributed by atoms with Gasteiger partial charge in [0, 0.05) is 0 Å². The molecular formula is C22H21NO5. The Morgan fingerprint density at radius 1 is 1.04 bits per heavy atom. The van der Waals surface area contributed by atoms with Gasteiger partial charge in [-0.15, -0.1) is 0 Å². The fraction of sp³-hybridized carbons (Fsp3) is 0.455. The number of hydrogen-bond acceptors (Lipinski definition) is 5. The number of rotatable bonds is 4. The van der Waals surface area contributed by atoms with E-state index >= 15 is 0 Å². The van der Waals surface area contributed by atoms with Crippen molar-refractivity contribution in [3.63, 3.8) is 0 Å². The SMILES string of the molecule is CC(=O)c1ccccc1OC(=O)[C@@H](C)N1C(=O)[C@@H]2[C@H]3C=C[C@H]([C@H]4C[C@@H]34)[C@@H]2C1=O. The minimum Gasteiger partial charge on any atom is -0.424 e. The Morgan fingerprint density at radius 2 is 1.61 bits per heavy atom. The summed E-state index contributed by atoms with van der Waals surface area (Å²) >= 11 is 0. The Kier molecular flexibility index (Phi) is 3.63. The Morgan fingerprint density at radius 3 is 2.18 bits per heavy atom. The molecule has 1 aliphatic heterocycles. The van der Waals surface area contributed by atoms with Crippen LogP contribution in [-0.2, 0) is 14.4 Å². The summed E-state index contributed by atoms with van der Waals surface area (Å²) in [4.78, 5) is 51.7. The second kappa shape index (κ2) is 5.87. The van der Waals surface area contributed by atoms with Crippen molar-refractivity contribution < 1.29 is 23.9 Å². The Hall–Kier alpha value is -2.76. The first-order valence-electron chi connectivity index (χ1n) is 9.77. The van der Waals surface area contributed by atoms with E-state index in [-0.39, 0.29) is 52.6 Å². The summed E-state index contributed by atoms with van der Waals surface area (Å²) in [5.74, 6) is -0.741. The number of allylic oxidation sites excluding steroid dienone is 2. The molecule has 5 aliphatic rings. The number of esters is 1. The normalized spacial score (nSPS) is 35.4. The zero-order valence-corrected chi connectivity index (χ0v) is 15.7. The monoisotopic (exact) mass is 379 g/mol. The van der Waals surface area contributed by atoms with E-state index < -0.39 is 12.0 Å². The van der Waals surface area contributed by atoms with E-state index in [1.807, 2.05) is 0 Å². The first kappa shape index (κ1) is 17.3. The molecule has 0 spiro atoms. The van der Waals surface area contributed by atoms with Crippen LogP contribution in [0.3, 0.4) is 0 Å². The average Bonchev–Trinajstić information content (AvgIpc) is 3.45. The van der Waals surface area contributed by atoms with E-state index in [1.165, 1.54) is 19.9 Å². The Bertz CT molecular complexity index is 914. The molecule has 1 saturated heterocycles. The average molecular weight is 379 g/mol. The highest BCUT2D eigenvalue weighted by atomic mass is 16.5. The van der Waals surface area contributed by atoms with E-state index in [9.17, 15) is 19.2 Å². The topological polar surface area (TPSA) is 80.8 Å². The first-order chi connectivity index (χ1) is 13.4. The maximum atomic E-state index is 13.1. The molecule has 2 bridgehead atoms. The molecule has 1 aromatic carbocycles. The van der Waals surface area contributed by atoms with Crippen LogP contribution in [-0.4, -0.2) is 34.5 Å². The van der Waals surface area contributed by atoms with Crippen molar-refractivity contribution in [3.8, 4) is 5.75 Å². The van der Waals surface area contributed by atoms with E-state index in [1.54, 1.807) is 18.2 Å². The highest BCUT2D eigenvalue weighted by Gasteiger charge is 2.67. The number of likely N-dealkylation sites (tertiary alicyclic amines) is 1. The third-order valence-corrected chi connectivity index (χ3v) is 6.90. The van der Waals surface area contributed by atoms with Gasteiger partial charge in [0.2, 0.25) is 11.8 Å². The minimum absolute atomic E-state index is 0.114. The van der Waals surface area contributed by atoms with Crippen LogP contribution in [0.25, 0.3) is 0 Å². The van der Waals surface area contributed by atoms with Crippen molar-refractivity contribution in [1.82, 2.24) is 4.90 Å². The molecule has 7 atom stereocenters. The molecule has 0 unspecified atom stereocenters. The van der Waals surface area contributed by atoms with Crippen molar-refractivity contribution in [2.75, 3.05) is 0 Å². The third-order valence-electron chi connectivity index (χ3n) is 6.90. The van der Waals surface area contributed by atoms with Crippen LogP contribution in [0.1, 0.15) is 30.6 Å². The van der Waals surface area contributed by atoms with Gasteiger partial charge in [0.15, 0.2) is 5.78 Å². The molecule has 0 aromatic heterocycles. The third kappa shape index (κ3) is 2.26. The number of nitrogens with zero attached hydrogens (tertiary/aromatic N) is 1. The van der Waals surface area contributed by atoms with E-state index in [2.05, 4.69) is 12.2 Å². The molecule has 3 fully saturated rings. The maximum absolute atomic E-state index is 13.1. The zero-order valence-electron chi connectivity index (χ0n) is 15.7. The van der Waals surface area contributed by atoms with Gasteiger partial charge in [-0.1, -0.05) is 24.3 Å². The summed E-state index contributed by atoms with van der Waals surface area (Å²) in [6, 6.07) is 5.43. The minimum atomic E-state index is -1.03. The lowest BCUT2D eigenvalue weighted by Crippen LogP contribution is -2.45. The van der Waals surface area contributed by atoms with Crippen molar-refractivity contribution in [2.24, 2.45) is 35.5 Å². The van der Waals surface area contributed by atoms with Crippen LogP contribution < -0.4 is 4.74 Å². The van der Waals surface area contributed by atoms with E-state index in [0.717, 1.165) is 11.3 Å². The molecule has 0 radical (unpaired) electrons. The predicted octanol–water partition coefficient (Wildman–Crippen LogP) is 2.24. The van der Waals surface area contributed by atoms with Crippen LogP contribution in [0.2, 0.25) is 0 Å². The zero-order chi connectivity index (χ0) is 19.7. The van der Waals surface area contributed by atoms with Gasteiger partial charge in [-0.05, 0) is 56.1 Å². The smallest absolute Gasteiger partial charge is 0.334 e. The summed E-state index contributed by atoms with van der Waals surface area (Å²) in [7, 11) is 0. The number of carbonyl (C=O) groups excluding carboxylic acids is 4. The first-order valence-corrected chi connectivity index (χ1v) is 9.77. The van der Waals surface area contributed by atoms with Gasteiger partial charge in [0.1, 0.15) is 11.8 Å². The number of carbonyl (C=O) groups is 4. The molecule has 6 nitrogen and oxygen atoms in total. The molecular weight excluding hydrogens is 358 g/mol. The predicted molar refractivity (Wildman–Crippen MR) is 98.1 cm³/mol. The van der Waals surface area contributed by atoms with E-state index in [0.29, 0.717) is 11.8 Å². The lowest BCUT2D eigenvalue weighted by Gasteiger charge is -2.37. The van der Waals surface area contributed by atoms with Crippen LogP contribution in [0.15, 0.2) is 36.4 Å². The van der Waals surface area contributed by atoms with Crippen LogP contribution in [0.5, 0.6) is 5.75 Å². The molecule has 2 amide bonds. The summed E-state index contributed by atoms with van der Waals surface area (Å²) in [6.07, 6.45) is 5.29. The fourth-order valence-corrected chi connectivity index (χ4v) is 5.51. The Labute approximate surface area is 162 Å². The second-order valence-corrected chi connectivity index (χ2v) is 8.35. The number of para-hydroxylation sites is 1. The van der Waals surface area contributed by atoms with Crippen LogP contribution >= 0.6 is 0 Å². The van der Waals surface area contributed by atoms with Gasteiger partial charge in [-0.25, -0.2) is 4.79 Å². The van der Waals surface area contributed by atoms with Crippen LogP contribution in [0.4, 0.5) is 0 Å².